The Morgan fingerprint density at radius 2 is 1.91 bits per heavy atom. The second kappa shape index (κ2) is 6.63. The number of carbonyl (C=O) groups excluding carboxylic acids is 1. The molecule has 0 saturated carbocycles. The summed E-state index contributed by atoms with van der Waals surface area (Å²) in [4.78, 5) is 15.8. The summed E-state index contributed by atoms with van der Waals surface area (Å²) in [6, 6.07) is 16.9. The van der Waals surface area contributed by atoms with Gasteiger partial charge in [-0.2, -0.15) is 0 Å². The van der Waals surface area contributed by atoms with Gasteiger partial charge in [0, 0.05) is 17.3 Å². The Bertz CT molecular complexity index is 903. The van der Waals surface area contributed by atoms with Crippen LogP contribution in [0.1, 0.15) is 18.2 Å². The van der Waals surface area contributed by atoms with E-state index in [9.17, 15) is 4.79 Å². The van der Waals surface area contributed by atoms with E-state index >= 15 is 0 Å². The van der Waals surface area contributed by atoms with Gasteiger partial charge in [0.25, 0.3) is 0 Å². The lowest BCUT2D eigenvalue weighted by Gasteiger charge is -2.06. The third-order valence-electron chi connectivity index (χ3n) is 3.25. The van der Waals surface area contributed by atoms with Crippen molar-refractivity contribution in [1.29, 1.82) is 0 Å². The van der Waals surface area contributed by atoms with E-state index < -0.39 is 0 Å². The van der Waals surface area contributed by atoms with Crippen molar-refractivity contribution in [2.24, 2.45) is 0 Å². The van der Waals surface area contributed by atoms with Crippen LogP contribution in [-0.2, 0) is 4.79 Å². The number of benzene rings is 2. The lowest BCUT2D eigenvalue weighted by molar-refractivity contribution is -0.131. The molecule has 1 aromatic heterocycles. The zero-order chi connectivity index (χ0) is 16.2. The van der Waals surface area contributed by atoms with E-state index in [-0.39, 0.29) is 5.97 Å². The SMILES string of the molecule is CC(=O)Oc1cccc2ccc(/C=C/c3cccc(Cl)c3)nc12. The fraction of sp³-hybridized carbons (Fsp3) is 0.0526. The summed E-state index contributed by atoms with van der Waals surface area (Å²) < 4.78 is 5.22. The molecule has 0 radical (unpaired) electrons. The number of fused-ring (bicyclic) bond motifs is 1. The Morgan fingerprint density at radius 1 is 1.09 bits per heavy atom. The third-order valence-corrected chi connectivity index (χ3v) is 3.49. The topological polar surface area (TPSA) is 39.2 Å². The van der Waals surface area contributed by atoms with E-state index in [1.807, 2.05) is 60.7 Å². The molecule has 3 aromatic rings. The maximum atomic E-state index is 11.2. The predicted octanol–water partition coefficient (Wildman–Crippen LogP) is 4.98. The maximum absolute atomic E-state index is 11.2. The number of pyridine rings is 1. The van der Waals surface area contributed by atoms with Gasteiger partial charge in [-0.15, -0.1) is 0 Å². The first-order valence-electron chi connectivity index (χ1n) is 7.14. The monoisotopic (exact) mass is 323 g/mol. The highest BCUT2D eigenvalue weighted by atomic mass is 35.5. The van der Waals surface area contributed by atoms with Crippen molar-refractivity contribution in [2.75, 3.05) is 0 Å². The summed E-state index contributed by atoms with van der Waals surface area (Å²) in [5.41, 5.74) is 2.43. The zero-order valence-electron chi connectivity index (χ0n) is 12.5. The Balaban J connectivity index is 1.97. The molecule has 0 fully saturated rings. The molecule has 3 nitrogen and oxygen atoms in total. The summed E-state index contributed by atoms with van der Waals surface area (Å²) >= 11 is 5.98. The minimum atomic E-state index is -0.362. The van der Waals surface area contributed by atoms with Gasteiger partial charge in [-0.25, -0.2) is 4.98 Å². The number of aromatic nitrogens is 1. The van der Waals surface area contributed by atoms with Crippen LogP contribution in [0.2, 0.25) is 5.02 Å². The average Bonchev–Trinajstić information content (AvgIpc) is 2.53. The van der Waals surface area contributed by atoms with Gasteiger partial charge in [0.1, 0.15) is 5.52 Å². The number of halogens is 1. The average molecular weight is 324 g/mol. The number of esters is 1. The highest BCUT2D eigenvalue weighted by molar-refractivity contribution is 6.30. The van der Waals surface area contributed by atoms with Crippen LogP contribution in [0.4, 0.5) is 0 Å². The molecule has 0 amide bonds. The van der Waals surface area contributed by atoms with Crippen molar-refractivity contribution >= 4 is 40.6 Å². The van der Waals surface area contributed by atoms with Gasteiger partial charge in [-0.3, -0.25) is 4.79 Å². The molecule has 0 bridgehead atoms. The Morgan fingerprint density at radius 3 is 2.70 bits per heavy atom. The molecule has 23 heavy (non-hydrogen) atoms. The normalized spacial score (nSPS) is 11.0. The second-order valence-electron chi connectivity index (χ2n) is 5.05. The van der Waals surface area contributed by atoms with Gasteiger partial charge in [-0.05, 0) is 35.9 Å². The van der Waals surface area contributed by atoms with E-state index in [2.05, 4.69) is 4.98 Å². The minimum Gasteiger partial charge on any atom is -0.424 e. The molecule has 1 heterocycles. The van der Waals surface area contributed by atoms with Crippen LogP contribution in [-0.4, -0.2) is 11.0 Å². The molecule has 0 aliphatic carbocycles. The van der Waals surface area contributed by atoms with E-state index in [1.54, 1.807) is 6.07 Å². The van der Waals surface area contributed by atoms with Crippen LogP contribution in [0.5, 0.6) is 5.75 Å². The number of ether oxygens (including phenoxy) is 1. The summed E-state index contributed by atoms with van der Waals surface area (Å²) in [5.74, 6) is 0.104. The second-order valence-corrected chi connectivity index (χ2v) is 5.48. The van der Waals surface area contributed by atoms with Crippen molar-refractivity contribution < 1.29 is 9.53 Å². The molecule has 0 spiro atoms. The Kier molecular flexibility index (Phi) is 4.40. The summed E-state index contributed by atoms with van der Waals surface area (Å²) in [6.45, 7) is 1.38. The van der Waals surface area contributed by atoms with Crippen molar-refractivity contribution in [3.8, 4) is 5.75 Å². The molecule has 4 heteroatoms. The van der Waals surface area contributed by atoms with E-state index in [4.69, 9.17) is 16.3 Å². The Labute approximate surface area is 139 Å². The summed E-state index contributed by atoms with van der Waals surface area (Å²) in [5, 5.41) is 1.61. The molecule has 0 saturated heterocycles. The fourth-order valence-electron chi connectivity index (χ4n) is 2.26. The molecule has 0 atom stereocenters. The van der Waals surface area contributed by atoms with E-state index in [0.717, 1.165) is 16.6 Å². The lowest BCUT2D eigenvalue weighted by atomic mass is 10.1. The molecular weight excluding hydrogens is 310 g/mol. The number of nitrogens with zero attached hydrogens (tertiary/aromatic N) is 1. The fourth-order valence-corrected chi connectivity index (χ4v) is 2.46. The van der Waals surface area contributed by atoms with E-state index in [1.165, 1.54) is 6.92 Å². The Hall–Kier alpha value is -2.65. The molecule has 0 N–H and O–H groups in total. The largest absolute Gasteiger partial charge is 0.424 e. The molecule has 3 rings (SSSR count). The molecule has 0 aliphatic rings. The van der Waals surface area contributed by atoms with Gasteiger partial charge in [-0.1, -0.05) is 48.0 Å². The van der Waals surface area contributed by atoms with Crippen LogP contribution in [0.25, 0.3) is 23.1 Å². The minimum absolute atomic E-state index is 0.362. The standard InChI is InChI=1S/C19H14ClNO2/c1-13(22)23-18-7-3-5-15-9-11-17(21-19(15)18)10-8-14-4-2-6-16(20)12-14/h2-12H,1H3/b10-8+. The van der Waals surface area contributed by atoms with Crippen LogP contribution >= 0.6 is 11.6 Å². The van der Waals surface area contributed by atoms with Gasteiger partial charge in [0.2, 0.25) is 0 Å². The molecule has 114 valence electrons. The number of para-hydroxylation sites is 1. The third kappa shape index (κ3) is 3.76. The van der Waals surface area contributed by atoms with Crippen molar-refractivity contribution in [1.82, 2.24) is 4.98 Å². The van der Waals surface area contributed by atoms with Gasteiger partial charge in [0.05, 0.1) is 5.69 Å². The van der Waals surface area contributed by atoms with Crippen molar-refractivity contribution in [3.63, 3.8) is 0 Å². The highest BCUT2D eigenvalue weighted by Gasteiger charge is 2.06. The molecular formula is C19H14ClNO2. The number of rotatable bonds is 3. The summed E-state index contributed by atoms with van der Waals surface area (Å²) in [7, 11) is 0. The van der Waals surface area contributed by atoms with Crippen LogP contribution in [0.15, 0.2) is 54.6 Å². The molecule has 0 unspecified atom stereocenters. The molecule has 2 aromatic carbocycles. The van der Waals surface area contributed by atoms with Gasteiger partial charge < -0.3 is 4.74 Å². The smallest absolute Gasteiger partial charge is 0.308 e. The van der Waals surface area contributed by atoms with Crippen LogP contribution in [0.3, 0.4) is 0 Å². The maximum Gasteiger partial charge on any atom is 0.308 e. The zero-order valence-corrected chi connectivity index (χ0v) is 13.2. The van der Waals surface area contributed by atoms with Crippen LogP contribution in [0, 0.1) is 0 Å². The van der Waals surface area contributed by atoms with Crippen LogP contribution < -0.4 is 4.74 Å². The van der Waals surface area contributed by atoms with Gasteiger partial charge >= 0.3 is 5.97 Å². The quantitative estimate of drug-likeness (QED) is 0.504. The van der Waals surface area contributed by atoms with E-state index in [0.29, 0.717) is 16.3 Å². The highest BCUT2D eigenvalue weighted by Crippen LogP contribution is 2.24. The molecule has 0 aliphatic heterocycles. The van der Waals surface area contributed by atoms with Crippen molar-refractivity contribution in [2.45, 2.75) is 6.92 Å². The van der Waals surface area contributed by atoms with Gasteiger partial charge in [0.15, 0.2) is 5.75 Å². The first-order valence-corrected chi connectivity index (χ1v) is 7.51. The van der Waals surface area contributed by atoms with Crippen molar-refractivity contribution in [3.05, 3.63) is 70.9 Å². The number of hydrogen-bond acceptors (Lipinski definition) is 3. The first-order chi connectivity index (χ1) is 11.1. The number of carbonyl (C=O) groups is 1. The first kappa shape index (κ1) is 15.3. The predicted molar refractivity (Wildman–Crippen MR) is 93.4 cm³/mol. The lowest BCUT2D eigenvalue weighted by Crippen LogP contribution is -2.02. The number of hydrogen-bond donors (Lipinski definition) is 0. The summed E-state index contributed by atoms with van der Waals surface area (Å²) in [6.07, 6.45) is 3.84.